The summed E-state index contributed by atoms with van der Waals surface area (Å²) < 4.78 is 0. The number of aromatic amines is 3. The van der Waals surface area contributed by atoms with Crippen molar-refractivity contribution in [3.63, 3.8) is 0 Å². The van der Waals surface area contributed by atoms with E-state index in [-0.39, 0.29) is 73.5 Å². The minimum Gasteiger partial charge on any atom is -0.353 e. The fourth-order valence-electron chi connectivity index (χ4n) is 7.39. The number of carbonyl (C=O) groups excluding carboxylic acids is 6. The Balaban J connectivity index is 0.982. The van der Waals surface area contributed by atoms with Gasteiger partial charge in [-0.1, -0.05) is 12.1 Å². The van der Waals surface area contributed by atoms with E-state index in [1.807, 2.05) is 14.1 Å². The molecule has 2 unspecified atom stereocenters. The Bertz CT molecular complexity index is 2490. The number of amides is 6. The summed E-state index contributed by atoms with van der Waals surface area (Å²) in [5, 5.41) is 31.5. The molecule has 0 aliphatic rings. The number of carbonyl (C=O) groups is 6. The van der Waals surface area contributed by atoms with Crippen molar-refractivity contribution in [2.24, 2.45) is 0 Å². The van der Waals surface area contributed by atoms with Crippen molar-refractivity contribution >= 4 is 79.5 Å². The maximum absolute atomic E-state index is 13.4. The van der Waals surface area contributed by atoms with Crippen LogP contribution >= 0.6 is 0 Å². The summed E-state index contributed by atoms with van der Waals surface area (Å²) in [5.74, 6) is -1.64. The Morgan fingerprint density at radius 3 is 1.38 bits per heavy atom. The summed E-state index contributed by atoms with van der Waals surface area (Å²) >= 11 is 0. The molecule has 3 aromatic heterocycles. The molecule has 0 aliphatic carbocycles. The summed E-state index contributed by atoms with van der Waals surface area (Å²) in [7, 11) is 7.24. The second-order valence-corrected chi connectivity index (χ2v) is 15.6. The summed E-state index contributed by atoms with van der Waals surface area (Å²) in [5.41, 5.74) is 4.34. The number of rotatable bonds is 24. The van der Waals surface area contributed by atoms with Crippen LogP contribution in [0.25, 0.3) is 32.7 Å². The first-order valence-electron chi connectivity index (χ1n) is 21.8. The van der Waals surface area contributed by atoms with Crippen molar-refractivity contribution in [3.05, 3.63) is 95.4 Å². The van der Waals surface area contributed by atoms with E-state index in [1.54, 1.807) is 86.9 Å². The van der Waals surface area contributed by atoms with E-state index in [2.05, 4.69) is 68.1 Å². The van der Waals surface area contributed by atoms with E-state index in [0.717, 1.165) is 36.7 Å². The van der Waals surface area contributed by atoms with E-state index in [1.165, 1.54) is 0 Å². The number of hydrogen-bond acceptors (Lipinski definition) is 10. The van der Waals surface area contributed by atoms with Gasteiger partial charge in [0.25, 0.3) is 23.6 Å². The number of anilines is 2. The summed E-state index contributed by atoms with van der Waals surface area (Å²) in [6.45, 7) is 2.71. The van der Waals surface area contributed by atoms with Gasteiger partial charge in [-0.3, -0.25) is 28.8 Å². The monoisotopic (exact) mass is 889 g/mol. The van der Waals surface area contributed by atoms with Gasteiger partial charge >= 0.3 is 0 Å². The van der Waals surface area contributed by atoms with Gasteiger partial charge < -0.3 is 68.1 Å². The van der Waals surface area contributed by atoms with Crippen LogP contribution in [-0.2, 0) is 9.59 Å². The molecular weight excluding hydrogens is 831 g/mol. The van der Waals surface area contributed by atoms with Gasteiger partial charge in [-0.2, -0.15) is 0 Å². The molecule has 0 saturated heterocycles. The zero-order valence-corrected chi connectivity index (χ0v) is 37.1. The van der Waals surface area contributed by atoms with Crippen molar-refractivity contribution in [2.75, 3.05) is 78.1 Å². The molecule has 19 nitrogen and oxygen atoms in total. The molecule has 0 radical (unpaired) electrons. The van der Waals surface area contributed by atoms with Gasteiger partial charge in [0.15, 0.2) is 0 Å². The quantitative estimate of drug-likeness (QED) is 0.0395. The number of benzene rings is 3. The van der Waals surface area contributed by atoms with Crippen molar-refractivity contribution < 1.29 is 28.8 Å². The van der Waals surface area contributed by atoms with E-state index < -0.39 is 5.91 Å². The first-order valence-corrected chi connectivity index (χ1v) is 21.8. The van der Waals surface area contributed by atoms with Crippen LogP contribution in [0.3, 0.4) is 0 Å². The highest BCUT2D eigenvalue weighted by atomic mass is 16.2. The minimum atomic E-state index is -0.395. The fraction of sp³-hybridized carbons (Fsp3) is 0.348. The van der Waals surface area contributed by atoms with Crippen LogP contribution in [0.15, 0.2) is 72.8 Å². The van der Waals surface area contributed by atoms with Crippen LogP contribution in [0.2, 0.25) is 0 Å². The lowest BCUT2D eigenvalue weighted by Crippen LogP contribution is -2.45. The smallest absolute Gasteiger partial charge is 0.272 e. The number of fused-ring (bicyclic) bond motifs is 3. The third-order valence-electron chi connectivity index (χ3n) is 11.0. The number of aromatic nitrogens is 3. The Labute approximate surface area is 376 Å². The molecule has 0 spiro atoms. The highest BCUT2D eigenvalue weighted by Gasteiger charge is 2.19. The molecule has 0 fully saturated rings. The summed E-state index contributed by atoms with van der Waals surface area (Å²) in [6, 6.07) is 20.1. The van der Waals surface area contributed by atoms with Crippen molar-refractivity contribution in [3.8, 4) is 0 Å². The zero-order valence-electron chi connectivity index (χ0n) is 37.1. The number of hydrogen-bond donors (Lipinski definition) is 13. The highest BCUT2D eigenvalue weighted by molar-refractivity contribution is 6.10. The highest BCUT2D eigenvalue weighted by Crippen LogP contribution is 2.24. The molecule has 2 atom stereocenters. The zero-order chi connectivity index (χ0) is 46.3. The normalized spacial score (nSPS) is 12.2. The molecule has 0 aliphatic heterocycles. The average molecular weight is 890 g/mol. The Kier molecular flexibility index (Phi) is 16.8. The van der Waals surface area contributed by atoms with Crippen LogP contribution in [0.4, 0.5) is 11.4 Å². The molecule has 65 heavy (non-hydrogen) atoms. The SMILES string of the molecule is CNCCCC(NC)C(=O)NCCNC(=O)c1cc2ccc(NC(=O)c3ccc4[nH]c(C(=O)Nc5ccc6cc(C(=O)NCCNC(=O)C(CCCNC)NC)[nH]c6c5)cc4c3)cc2[nH]1. The van der Waals surface area contributed by atoms with Crippen LogP contribution in [0, 0.1) is 0 Å². The first kappa shape index (κ1) is 47.4. The van der Waals surface area contributed by atoms with E-state index >= 15 is 0 Å². The molecule has 19 heteroatoms. The third kappa shape index (κ3) is 12.8. The minimum absolute atomic E-state index is 0.116. The number of nitrogens with one attached hydrogen (secondary N) is 13. The largest absolute Gasteiger partial charge is 0.353 e. The Morgan fingerprint density at radius 1 is 0.446 bits per heavy atom. The van der Waals surface area contributed by atoms with Gasteiger partial charge in [-0.05, 0) is 128 Å². The molecule has 3 heterocycles. The van der Waals surface area contributed by atoms with Crippen molar-refractivity contribution in [1.29, 1.82) is 0 Å². The van der Waals surface area contributed by atoms with Gasteiger partial charge in [0, 0.05) is 75.8 Å². The van der Waals surface area contributed by atoms with Crippen LogP contribution < -0.4 is 53.2 Å². The molecule has 0 bridgehead atoms. The van der Waals surface area contributed by atoms with E-state index in [9.17, 15) is 28.8 Å². The molecule has 13 N–H and O–H groups in total. The molecular formula is C46H59N13O6. The second kappa shape index (κ2) is 23.0. The maximum Gasteiger partial charge on any atom is 0.272 e. The second-order valence-electron chi connectivity index (χ2n) is 15.6. The van der Waals surface area contributed by atoms with E-state index in [0.29, 0.717) is 63.1 Å². The molecule has 0 saturated carbocycles. The van der Waals surface area contributed by atoms with E-state index in [4.69, 9.17) is 0 Å². The van der Waals surface area contributed by atoms with Gasteiger partial charge in [0.1, 0.15) is 17.1 Å². The van der Waals surface area contributed by atoms with Crippen molar-refractivity contribution in [1.82, 2.24) is 57.5 Å². The summed E-state index contributed by atoms with van der Waals surface area (Å²) in [6.07, 6.45) is 3.11. The Morgan fingerprint density at radius 2 is 0.892 bits per heavy atom. The predicted octanol–water partition coefficient (Wildman–Crippen LogP) is 2.50. The van der Waals surface area contributed by atoms with Crippen molar-refractivity contribution in [2.45, 2.75) is 37.8 Å². The molecule has 6 amide bonds. The average Bonchev–Trinajstić information content (AvgIpc) is 4.06. The van der Waals surface area contributed by atoms with Gasteiger partial charge in [0.05, 0.1) is 12.1 Å². The maximum atomic E-state index is 13.4. The third-order valence-corrected chi connectivity index (χ3v) is 11.0. The topological polar surface area (TPSA) is 270 Å². The molecule has 6 rings (SSSR count). The standard InChI is InChI=1S/C46H59N13O6/c1-47-15-5-7-34(49-3)42(61)51-17-19-53-44(63)38-22-27-9-12-31(25-36(27)58-38)55-41(60)29-11-14-33-30(21-29)24-40(57-33)46(65)56-32-13-10-28-23-39(59-37(28)26-32)45(64)54-20-18-52-43(62)35(50-4)8-6-16-48-2/h9-14,21-26,34-35,47-50,57-59H,5-8,15-20H2,1-4H3,(H,51,61)(H,52,62)(H,53,63)(H,54,64)(H,55,60)(H,56,65). The van der Waals surface area contributed by atoms with Gasteiger partial charge in [0.2, 0.25) is 11.8 Å². The predicted molar refractivity (Wildman–Crippen MR) is 254 cm³/mol. The van der Waals surface area contributed by atoms with Gasteiger partial charge in [-0.25, -0.2) is 0 Å². The summed E-state index contributed by atoms with van der Waals surface area (Å²) in [4.78, 5) is 86.7. The van der Waals surface area contributed by atoms with Gasteiger partial charge in [-0.15, -0.1) is 0 Å². The molecule has 344 valence electrons. The van der Waals surface area contributed by atoms with Crippen LogP contribution in [0.5, 0.6) is 0 Å². The lowest BCUT2D eigenvalue weighted by molar-refractivity contribution is -0.123. The lowest BCUT2D eigenvalue weighted by atomic mass is 10.1. The first-order chi connectivity index (χ1) is 31.5. The Hall–Kier alpha value is -7.06. The van der Waals surface area contributed by atoms with Crippen LogP contribution in [-0.4, -0.2) is 130 Å². The molecule has 6 aromatic rings. The number of H-pyrrole nitrogens is 3. The van der Waals surface area contributed by atoms with Crippen LogP contribution in [0.1, 0.15) is 67.5 Å². The fourth-order valence-corrected chi connectivity index (χ4v) is 7.39. The lowest BCUT2D eigenvalue weighted by Gasteiger charge is -2.16. The molecule has 3 aromatic carbocycles. The number of likely N-dealkylation sites (N-methyl/N-ethyl adjacent to an activating group) is 2.